The molecule has 2 aromatic rings. The van der Waals surface area contributed by atoms with Gasteiger partial charge >= 0.3 is 0 Å². The molecule has 3 N–H and O–H groups in total. The molecule has 0 unspecified atom stereocenters. The van der Waals surface area contributed by atoms with E-state index in [0.717, 1.165) is 11.1 Å². The van der Waals surface area contributed by atoms with Crippen molar-refractivity contribution >= 4 is 25.8 Å². The fourth-order valence-corrected chi connectivity index (χ4v) is 4.42. The molecule has 10 heteroatoms. The second-order valence-electron chi connectivity index (χ2n) is 6.50. The van der Waals surface area contributed by atoms with E-state index in [1.54, 1.807) is 50.4 Å². The number of rotatable bonds is 7. The summed E-state index contributed by atoms with van der Waals surface area (Å²) in [5, 5.41) is 6.33. The lowest BCUT2D eigenvalue weighted by molar-refractivity contribution is 0.588. The van der Waals surface area contributed by atoms with Gasteiger partial charge in [0.05, 0.1) is 9.79 Å². The highest BCUT2D eigenvalue weighted by Gasteiger charge is 2.12. The van der Waals surface area contributed by atoms with Gasteiger partial charge in [-0.05, 0) is 48.9 Å². The zero-order valence-corrected chi connectivity index (χ0v) is 18.5. The lowest BCUT2D eigenvalue weighted by Crippen LogP contribution is -2.36. The van der Waals surface area contributed by atoms with Gasteiger partial charge in [0.2, 0.25) is 10.0 Å². The lowest BCUT2D eigenvalue weighted by atomic mass is 10.1. The fourth-order valence-electron chi connectivity index (χ4n) is 2.73. The second-order valence-corrected chi connectivity index (χ2v) is 10.4. The first kappa shape index (κ1) is 22.9. The third-order valence-corrected chi connectivity index (χ3v) is 6.97. The number of hydrogen-bond acceptors (Lipinski definition) is 5. The van der Waals surface area contributed by atoms with Crippen LogP contribution in [0.5, 0.6) is 0 Å². The van der Waals surface area contributed by atoms with Gasteiger partial charge in [-0.15, -0.1) is 0 Å². The van der Waals surface area contributed by atoms with Gasteiger partial charge < -0.3 is 10.6 Å². The Bertz CT molecular complexity index is 1090. The molecule has 158 valence electrons. The van der Waals surface area contributed by atoms with Gasteiger partial charge in [0.1, 0.15) is 0 Å². The van der Waals surface area contributed by atoms with E-state index in [0.29, 0.717) is 29.5 Å². The van der Waals surface area contributed by atoms with Gasteiger partial charge in [0.15, 0.2) is 15.8 Å². The Morgan fingerprint density at radius 2 is 1.48 bits per heavy atom. The molecule has 29 heavy (non-hydrogen) atoms. The van der Waals surface area contributed by atoms with Gasteiger partial charge in [-0.25, -0.2) is 21.6 Å². The minimum atomic E-state index is -3.45. The summed E-state index contributed by atoms with van der Waals surface area (Å²) in [5.41, 5.74) is 2.53. The molecule has 0 fully saturated rings. The van der Waals surface area contributed by atoms with Crippen molar-refractivity contribution < 1.29 is 16.8 Å². The van der Waals surface area contributed by atoms with Crippen molar-refractivity contribution in [2.75, 3.05) is 20.4 Å². The summed E-state index contributed by atoms with van der Waals surface area (Å²) in [6.45, 7) is 2.71. The Balaban J connectivity index is 1.96. The summed E-state index contributed by atoms with van der Waals surface area (Å²) in [6.07, 6.45) is 1.19. The highest BCUT2D eigenvalue weighted by atomic mass is 32.2. The Morgan fingerprint density at radius 1 is 0.931 bits per heavy atom. The maximum absolute atomic E-state index is 11.8. The molecule has 0 aromatic heterocycles. The van der Waals surface area contributed by atoms with Crippen LogP contribution in [0.1, 0.15) is 16.7 Å². The predicted octanol–water partition coefficient (Wildman–Crippen LogP) is 1.17. The standard InChI is InChI=1S/C19H26N4O4S2/c1-14-11-16(7-10-18(14)28(4,24)25)13-23-19(20-2)22-12-15-5-8-17(9-6-15)29(26,27)21-3/h5-11,21H,12-13H2,1-4H3,(H2,20,22,23). The number of sulfonamides is 1. The van der Waals surface area contributed by atoms with Gasteiger partial charge in [-0.2, -0.15) is 0 Å². The van der Waals surface area contributed by atoms with Crippen molar-refractivity contribution in [2.24, 2.45) is 4.99 Å². The zero-order chi connectivity index (χ0) is 21.7. The lowest BCUT2D eigenvalue weighted by Gasteiger charge is -2.13. The van der Waals surface area contributed by atoms with Crippen molar-refractivity contribution in [3.05, 3.63) is 59.2 Å². The molecule has 0 atom stereocenters. The number of aryl methyl sites for hydroxylation is 1. The third-order valence-electron chi connectivity index (χ3n) is 4.28. The van der Waals surface area contributed by atoms with E-state index in [-0.39, 0.29) is 4.90 Å². The maximum Gasteiger partial charge on any atom is 0.240 e. The Labute approximate surface area is 172 Å². The highest BCUT2D eigenvalue weighted by Crippen LogP contribution is 2.16. The first-order valence-corrected chi connectivity index (χ1v) is 12.2. The normalized spacial score (nSPS) is 12.6. The summed E-state index contributed by atoms with van der Waals surface area (Å²) in [7, 11) is -3.67. The van der Waals surface area contributed by atoms with Gasteiger partial charge in [-0.1, -0.05) is 24.3 Å². The number of benzene rings is 2. The topological polar surface area (TPSA) is 117 Å². The van der Waals surface area contributed by atoms with Crippen LogP contribution in [0.4, 0.5) is 0 Å². The number of sulfone groups is 1. The summed E-state index contributed by atoms with van der Waals surface area (Å²) >= 11 is 0. The Kier molecular flexibility index (Phi) is 7.39. The third kappa shape index (κ3) is 6.28. The van der Waals surface area contributed by atoms with Crippen molar-refractivity contribution in [2.45, 2.75) is 29.8 Å². The molecular formula is C19H26N4O4S2. The molecule has 0 aliphatic rings. The van der Waals surface area contributed by atoms with Crippen molar-refractivity contribution in [1.82, 2.24) is 15.4 Å². The summed E-state index contributed by atoms with van der Waals surface area (Å²) < 4.78 is 49.2. The molecule has 0 spiro atoms. The average molecular weight is 439 g/mol. The molecule has 0 bridgehead atoms. The monoisotopic (exact) mass is 438 g/mol. The van der Waals surface area contributed by atoms with Crippen LogP contribution in [0.15, 0.2) is 57.2 Å². The zero-order valence-electron chi connectivity index (χ0n) is 16.9. The average Bonchev–Trinajstić information content (AvgIpc) is 2.67. The van der Waals surface area contributed by atoms with Gasteiger partial charge in [0, 0.05) is 26.4 Å². The van der Waals surface area contributed by atoms with E-state index in [2.05, 4.69) is 20.3 Å². The molecule has 8 nitrogen and oxygen atoms in total. The van der Waals surface area contributed by atoms with Crippen molar-refractivity contribution in [1.29, 1.82) is 0 Å². The van der Waals surface area contributed by atoms with Crippen LogP contribution in [0.2, 0.25) is 0 Å². The first-order valence-electron chi connectivity index (χ1n) is 8.83. The minimum Gasteiger partial charge on any atom is -0.352 e. The van der Waals surface area contributed by atoms with Crippen molar-refractivity contribution in [3.63, 3.8) is 0 Å². The fraction of sp³-hybridized carbons (Fsp3) is 0.316. The van der Waals surface area contributed by atoms with Crippen LogP contribution in [0.25, 0.3) is 0 Å². The molecule has 0 heterocycles. The summed E-state index contributed by atoms with van der Waals surface area (Å²) in [6, 6.07) is 11.8. The van der Waals surface area contributed by atoms with Crippen LogP contribution in [-0.4, -0.2) is 43.1 Å². The van der Waals surface area contributed by atoms with Crippen LogP contribution >= 0.6 is 0 Å². The number of nitrogens with zero attached hydrogens (tertiary/aromatic N) is 1. The van der Waals surface area contributed by atoms with E-state index in [9.17, 15) is 16.8 Å². The molecule has 2 aromatic carbocycles. The van der Waals surface area contributed by atoms with E-state index in [1.165, 1.54) is 13.3 Å². The number of guanidine groups is 1. The SMILES string of the molecule is CN=C(NCc1ccc(S(=O)(=O)NC)cc1)NCc1ccc(S(C)(=O)=O)c(C)c1. The van der Waals surface area contributed by atoms with Crippen molar-refractivity contribution in [3.8, 4) is 0 Å². The molecular weight excluding hydrogens is 412 g/mol. The number of nitrogens with one attached hydrogen (secondary N) is 3. The Morgan fingerprint density at radius 3 is 1.97 bits per heavy atom. The van der Waals surface area contributed by atoms with E-state index < -0.39 is 19.9 Å². The van der Waals surface area contributed by atoms with Gasteiger partial charge in [0.25, 0.3) is 0 Å². The number of hydrogen-bond donors (Lipinski definition) is 3. The van der Waals surface area contributed by atoms with Crippen LogP contribution in [0.3, 0.4) is 0 Å². The van der Waals surface area contributed by atoms with E-state index in [4.69, 9.17) is 0 Å². The molecule has 0 saturated carbocycles. The van der Waals surface area contributed by atoms with Gasteiger partial charge in [-0.3, -0.25) is 4.99 Å². The molecule has 0 amide bonds. The summed E-state index contributed by atoms with van der Waals surface area (Å²) in [5.74, 6) is 0.571. The minimum absolute atomic E-state index is 0.208. The predicted molar refractivity (Wildman–Crippen MR) is 114 cm³/mol. The second kappa shape index (κ2) is 9.38. The van der Waals surface area contributed by atoms with Crippen LogP contribution < -0.4 is 15.4 Å². The largest absolute Gasteiger partial charge is 0.352 e. The Hall–Kier alpha value is -2.43. The molecule has 0 aliphatic heterocycles. The first-order chi connectivity index (χ1) is 13.6. The maximum atomic E-state index is 11.8. The number of aliphatic imine (C=N–C) groups is 1. The van der Waals surface area contributed by atoms with Crippen LogP contribution in [0, 0.1) is 6.92 Å². The molecule has 0 aliphatic carbocycles. The van der Waals surface area contributed by atoms with E-state index in [1.807, 2.05) is 6.07 Å². The highest BCUT2D eigenvalue weighted by molar-refractivity contribution is 7.90. The quantitative estimate of drug-likeness (QED) is 0.441. The molecule has 0 radical (unpaired) electrons. The van der Waals surface area contributed by atoms with E-state index >= 15 is 0 Å². The molecule has 0 saturated heterocycles. The van der Waals surface area contributed by atoms with Crippen LogP contribution in [-0.2, 0) is 33.0 Å². The smallest absolute Gasteiger partial charge is 0.240 e. The molecule has 2 rings (SSSR count). The summed E-state index contributed by atoms with van der Waals surface area (Å²) in [4.78, 5) is 4.69.